The van der Waals surface area contributed by atoms with Crippen LogP contribution in [0.5, 0.6) is 0 Å². The van der Waals surface area contributed by atoms with Crippen molar-refractivity contribution in [1.29, 1.82) is 0 Å². The number of nitrogens with zero attached hydrogens (tertiary/aromatic N) is 5. The highest BCUT2D eigenvalue weighted by molar-refractivity contribution is 6.31. The van der Waals surface area contributed by atoms with E-state index in [0.29, 0.717) is 5.96 Å². The van der Waals surface area contributed by atoms with Gasteiger partial charge in [0.25, 0.3) is 5.91 Å². The average Bonchev–Trinajstić information content (AvgIpc) is 3.21. The number of likely N-dealkylation sites (N-methyl/N-ethyl adjacent to an activating group) is 1. The lowest BCUT2D eigenvalue weighted by Crippen LogP contribution is -2.64. The molecule has 3 heterocycles. The van der Waals surface area contributed by atoms with E-state index in [1.165, 1.54) is 17.0 Å². The zero-order valence-electron chi connectivity index (χ0n) is 17.7. The second kappa shape index (κ2) is 7.27. The number of hydrogen-bond donors (Lipinski definition) is 0. The van der Waals surface area contributed by atoms with Gasteiger partial charge in [-0.2, -0.15) is 0 Å². The van der Waals surface area contributed by atoms with E-state index in [2.05, 4.69) is 18.7 Å². The predicted octanol–water partition coefficient (Wildman–Crippen LogP) is 3.60. The van der Waals surface area contributed by atoms with Crippen LogP contribution in [0.25, 0.3) is 0 Å². The molecular formula is C21H25ClFN5O2. The minimum atomic E-state index is -0.683. The molecular weight excluding hydrogens is 409 g/mol. The molecule has 1 aromatic carbocycles. The molecule has 0 spiro atoms. The lowest BCUT2D eigenvalue weighted by molar-refractivity contribution is -0.137. The lowest BCUT2D eigenvalue weighted by Gasteiger charge is -2.41. The summed E-state index contributed by atoms with van der Waals surface area (Å²) in [4.78, 5) is 37.8. The van der Waals surface area contributed by atoms with E-state index < -0.39 is 30.0 Å². The summed E-state index contributed by atoms with van der Waals surface area (Å²) in [5, 5.41) is 0.180. The van der Waals surface area contributed by atoms with Crippen LogP contribution in [0.4, 0.5) is 9.18 Å². The summed E-state index contributed by atoms with van der Waals surface area (Å²) < 4.78 is 14.3. The molecule has 9 heteroatoms. The predicted molar refractivity (Wildman–Crippen MR) is 112 cm³/mol. The number of fused-ring (bicyclic) bond motifs is 3. The minimum absolute atomic E-state index is 0.123. The third-order valence-electron chi connectivity index (χ3n) is 6.34. The normalized spacial score (nSPS) is 24.6. The van der Waals surface area contributed by atoms with Gasteiger partial charge in [0.2, 0.25) is 5.96 Å². The van der Waals surface area contributed by atoms with Crippen molar-refractivity contribution >= 4 is 29.5 Å². The summed E-state index contributed by atoms with van der Waals surface area (Å²) in [6.45, 7) is 7.94. The van der Waals surface area contributed by atoms with E-state index >= 15 is 0 Å². The Hall–Kier alpha value is -2.61. The summed E-state index contributed by atoms with van der Waals surface area (Å²) in [7, 11) is 1.62. The number of halogens is 2. The minimum Gasteiger partial charge on any atom is -0.312 e. The standard InChI is InChI=1S/C21H25ClFN5O2/c1-6-11(2)27-12(3)13(4)28-17-18(24-20(27)28)25(5)21(30)26(19(17)29)10-14-15(22)8-7-9-16(14)23/h7-9,11,17-18H,6,10H2,1-5H3. The van der Waals surface area contributed by atoms with Gasteiger partial charge < -0.3 is 9.80 Å². The number of aliphatic imine (C=N–C) groups is 1. The number of benzene rings is 1. The van der Waals surface area contributed by atoms with Crippen molar-refractivity contribution in [3.8, 4) is 0 Å². The fourth-order valence-corrected chi connectivity index (χ4v) is 4.56. The first-order valence-corrected chi connectivity index (χ1v) is 10.4. The molecule has 3 aliphatic rings. The summed E-state index contributed by atoms with van der Waals surface area (Å²) in [6.07, 6.45) is 0.287. The van der Waals surface area contributed by atoms with Crippen LogP contribution in [-0.4, -0.2) is 62.8 Å². The number of allylic oxidation sites excluding steroid dienone is 2. The Morgan fingerprint density at radius 3 is 2.57 bits per heavy atom. The van der Waals surface area contributed by atoms with E-state index in [0.717, 1.165) is 22.7 Å². The number of imide groups is 1. The van der Waals surface area contributed by atoms with Crippen molar-refractivity contribution in [2.75, 3.05) is 7.05 Å². The quantitative estimate of drug-likeness (QED) is 0.727. The molecule has 1 saturated heterocycles. The number of hydrogen-bond acceptors (Lipinski definition) is 5. The Kier molecular flexibility index (Phi) is 5.00. The van der Waals surface area contributed by atoms with Gasteiger partial charge in [-0.25, -0.2) is 14.2 Å². The van der Waals surface area contributed by atoms with Gasteiger partial charge in [-0.15, -0.1) is 0 Å². The maximum absolute atomic E-state index is 14.3. The molecule has 0 radical (unpaired) electrons. The highest BCUT2D eigenvalue weighted by atomic mass is 35.5. The molecule has 0 bridgehead atoms. The van der Waals surface area contributed by atoms with Crippen LogP contribution in [-0.2, 0) is 11.3 Å². The second-order valence-electron chi connectivity index (χ2n) is 7.97. The van der Waals surface area contributed by atoms with Crippen LogP contribution < -0.4 is 0 Å². The molecule has 1 aromatic rings. The van der Waals surface area contributed by atoms with Crippen molar-refractivity contribution in [3.63, 3.8) is 0 Å². The molecule has 1 fully saturated rings. The molecule has 3 unspecified atom stereocenters. The van der Waals surface area contributed by atoms with Crippen molar-refractivity contribution in [1.82, 2.24) is 19.6 Å². The highest BCUT2D eigenvalue weighted by Gasteiger charge is 2.56. The molecule has 7 nitrogen and oxygen atoms in total. The van der Waals surface area contributed by atoms with Gasteiger partial charge in [0.05, 0.1) is 6.54 Å². The Labute approximate surface area is 180 Å². The maximum atomic E-state index is 14.3. The summed E-state index contributed by atoms with van der Waals surface area (Å²) in [5.74, 6) is -0.264. The largest absolute Gasteiger partial charge is 0.328 e. The first kappa shape index (κ1) is 20.7. The molecule has 30 heavy (non-hydrogen) atoms. The first-order chi connectivity index (χ1) is 14.2. The molecule has 3 aliphatic heterocycles. The van der Waals surface area contributed by atoms with Gasteiger partial charge in [0.1, 0.15) is 5.82 Å². The van der Waals surface area contributed by atoms with Gasteiger partial charge >= 0.3 is 6.03 Å². The topological polar surface area (TPSA) is 59.5 Å². The van der Waals surface area contributed by atoms with Crippen molar-refractivity contribution in [2.24, 2.45) is 4.99 Å². The third-order valence-corrected chi connectivity index (χ3v) is 6.70. The number of amides is 3. The molecule has 3 amide bonds. The van der Waals surface area contributed by atoms with Crippen LogP contribution in [0, 0.1) is 5.82 Å². The molecule has 0 aliphatic carbocycles. The fraction of sp³-hybridized carbons (Fsp3) is 0.476. The van der Waals surface area contributed by atoms with Crippen molar-refractivity contribution < 1.29 is 14.0 Å². The van der Waals surface area contributed by atoms with Crippen molar-refractivity contribution in [3.05, 3.63) is 46.0 Å². The summed E-state index contributed by atoms with van der Waals surface area (Å²) in [5.41, 5.74) is 2.09. The Balaban J connectivity index is 1.71. The maximum Gasteiger partial charge on any atom is 0.328 e. The zero-order chi connectivity index (χ0) is 21.9. The smallest absolute Gasteiger partial charge is 0.312 e. The van der Waals surface area contributed by atoms with Crippen LogP contribution >= 0.6 is 11.6 Å². The summed E-state index contributed by atoms with van der Waals surface area (Å²) >= 11 is 6.14. The van der Waals surface area contributed by atoms with Crippen LogP contribution in [0.3, 0.4) is 0 Å². The highest BCUT2D eigenvalue weighted by Crippen LogP contribution is 2.39. The molecule has 4 rings (SSSR count). The molecule has 160 valence electrons. The van der Waals surface area contributed by atoms with E-state index in [1.54, 1.807) is 13.1 Å². The average molecular weight is 434 g/mol. The Morgan fingerprint density at radius 1 is 1.23 bits per heavy atom. The number of guanidine groups is 1. The Bertz CT molecular complexity index is 973. The second-order valence-corrected chi connectivity index (χ2v) is 8.38. The lowest BCUT2D eigenvalue weighted by atomic mass is 10.1. The first-order valence-electron chi connectivity index (χ1n) is 10.0. The number of carbonyl (C=O) groups excluding carboxylic acids is 2. The Morgan fingerprint density at radius 2 is 1.93 bits per heavy atom. The molecule has 0 aromatic heterocycles. The molecule has 0 N–H and O–H groups in total. The van der Waals surface area contributed by atoms with Crippen LogP contribution in [0.2, 0.25) is 5.02 Å². The van der Waals surface area contributed by atoms with Crippen molar-refractivity contribution in [2.45, 2.75) is 58.9 Å². The van der Waals surface area contributed by atoms with Gasteiger partial charge in [-0.3, -0.25) is 14.6 Å². The van der Waals surface area contributed by atoms with Gasteiger partial charge in [0, 0.05) is 35.1 Å². The third kappa shape index (κ3) is 2.80. The van der Waals surface area contributed by atoms with E-state index in [4.69, 9.17) is 16.6 Å². The van der Waals surface area contributed by atoms with Gasteiger partial charge in [0.15, 0.2) is 12.2 Å². The monoisotopic (exact) mass is 433 g/mol. The van der Waals surface area contributed by atoms with Gasteiger partial charge in [-0.1, -0.05) is 24.6 Å². The van der Waals surface area contributed by atoms with Crippen LogP contribution in [0.1, 0.15) is 39.7 Å². The van der Waals surface area contributed by atoms with E-state index in [-0.39, 0.29) is 23.2 Å². The molecule has 3 atom stereocenters. The summed E-state index contributed by atoms with van der Waals surface area (Å²) in [6, 6.07) is 3.31. The van der Waals surface area contributed by atoms with Crippen LogP contribution in [0.15, 0.2) is 34.6 Å². The van der Waals surface area contributed by atoms with Gasteiger partial charge in [-0.05, 0) is 39.3 Å². The zero-order valence-corrected chi connectivity index (χ0v) is 18.4. The fourth-order valence-electron chi connectivity index (χ4n) is 4.34. The van der Waals surface area contributed by atoms with E-state index in [9.17, 15) is 14.0 Å². The number of urea groups is 1. The number of carbonyl (C=O) groups is 2. The van der Waals surface area contributed by atoms with E-state index in [1.807, 2.05) is 18.7 Å². The SMILES string of the molecule is CCC(C)N1C2=NC3C(C(=O)N(Cc4c(F)cccc4Cl)C(=O)N3C)N2C(C)=C1C. The number of rotatable bonds is 4. The molecule has 0 saturated carbocycles.